The van der Waals surface area contributed by atoms with E-state index >= 15 is 0 Å². The molecule has 0 aliphatic heterocycles. The number of hydrogen-bond acceptors (Lipinski definition) is 3. The third-order valence-corrected chi connectivity index (χ3v) is 11.4. The first-order valence-electron chi connectivity index (χ1n) is 13.3. The quantitative estimate of drug-likeness (QED) is 0.475. The summed E-state index contributed by atoms with van der Waals surface area (Å²) in [5, 5.41) is 11.0. The van der Waals surface area contributed by atoms with Crippen molar-refractivity contribution >= 4 is 11.6 Å². The van der Waals surface area contributed by atoms with Crippen LogP contribution in [0.1, 0.15) is 106 Å². The second-order valence-electron chi connectivity index (χ2n) is 13.5. The lowest BCUT2D eigenvalue weighted by Gasteiger charge is -2.58. The fourth-order valence-corrected chi connectivity index (χ4v) is 9.11. The van der Waals surface area contributed by atoms with Gasteiger partial charge in [0.2, 0.25) is 0 Å². The minimum atomic E-state index is -0.452. The number of fused-ring (bicyclic) bond motifs is 2. The van der Waals surface area contributed by atoms with Crippen molar-refractivity contribution in [3.8, 4) is 0 Å². The molecule has 0 aromatic carbocycles. The fraction of sp³-hybridized carbons (Fsp3) is 0.800. The van der Waals surface area contributed by atoms with Gasteiger partial charge >= 0.3 is 0 Å². The standard InChI is InChI=1S/C30H46O3/c1-18-9-12-23-27(3,4)25(32)13-15-29(23,7)20(18)10-11-21-19(2)22(31)17-24-28(5,6)26(33)14-16-30(21,24)8/h20,22-24,31H,1,9-17H2,2-8H3. The van der Waals surface area contributed by atoms with Crippen LogP contribution >= 0.6 is 0 Å². The lowest BCUT2D eigenvalue weighted by atomic mass is 9.46. The van der Waals surface area contributed by atoms with E-state index in [9.17, 15) is 14.7 Å². The van der Waals surface area contributed by atoms with E-state index in [0.717, 1.165) is 44.1 Å². The zero-order valence-electron chi connectivity index (χ0n) is 22.1. The molecule has 0 amide bonds. The summed E-state index contributed by atoms with van der Waals surface area (Å²) in [7, 11) is 0. The maximum atomic E-state index is 12.8. The average Bonchev–Trinajstić information content (AvgIpc) is 2.72. The molecule has 0 spiro atoms. The summed E-state index contributed by atoms with van der Waals surface area (Å²) in [4.78, 5) is 25.6. The molecule has 184 valence electrons. The van der Waals surface area contributed by atoms with Gasteiger partial charge in [-0.25, -0.2) is 0 Å². The number of carbonyl (C=O) groups is 2. The number of aliphatic hydroxyl groups excluding tert-OH is 1. The number of aliphatic hydroxyl groups is 1. The molecule has 0 bridgehead atoms. The second kappa shape index (κ2) is 7.90. The molecule has 0 heterocycles. The Morgan fingerprint density at radius 1 is 0.909 bits per heavy atom. The molecule has 6 atom stereocenters. The van der Waals surface area contributed by atoms with E-state index in [1.165, 1.54) is 11.1 Å². The van der Waals surface area contributed by atoms with Crippen molar-refractivity contribution in [3.05, 3.63) is 23.3 Å². The van der Waals surface area contributed by atoms with Gasteiger partial charge in [0, 0.05) is 23.7 Å². The minimum absolute atomic E-state index is 0.0289. The Hall–Kier alpha value is -1.22. The Morgan fingerprint density at radius 3 is 2.12 bits per heavy atom. The summed E-state index contributed by atoms with van der Waals surface area (Å²) in [6, 6.07) is 0. The van der Waals surface area contributed by atoms with Crippen LogP contribution in [0.2, 0.25) is 0 Å². The first-order valence-corrected chi connectivity index (χ1v) is 13.3. The van der Waals surface area contributed by atoms with Gasteiger partial charge in [-0.05, 0) is 86.0 Å². The van der Waals surface area contributed by atoms with Crippen molar-refractivity contribution in [3.63, 3.8) is 0 Å². The Bertz CT molecular complexity index is 906. The highest BCUT2D eigenvalue weighted by Gasteiger charge is 2.57. The van der Waals surface area contributed by atoms with E-state index in [2.05, 4.69) is 55.0 Å². The Labute approximate surface area is 201 Å². The van der Waals surface area contributed by atoms with Gasteiger partial charge in [-0.3, -0.25) is 9.59 Å². The molecular weight excluding hydrogens is 408 g/mol. The molecule has 3 saturated carbocycles. The smallest absolute Gasteiger partial charge is 0.138 e. The molecule has 0 radical (unpaired) electrons. The predicted molar refractivity (Wildman–Crippen MR) is 134 cm³/mol. The van der Waals surface area contributed by atoms with Crippen LogP contribution in [0.5, 0.6) is 0 Å². The van der Waals surface area contributed by atoms with Crippen LogP contribution < -0.4 is 0 Å². The Kier molecular flexibility index (Phi) is 5.96. The summed E-state index contributed by atoms with van der Waals surface area (Å²) < 4.78 is 0. The maximum Gasteiger partial charge on any atom is 0.138 e. The summed E-state index contributed by atoms with van der Waals surface area (Å²) in [6.07, 6.45) is 7.50. The number of Topliss-reactive ketones (excluding diaryl/α,β-unsaturated/α-hetero) is 2. The van der Waals surface area contributed by atoms with Gasteiger partial charge in [0.05, 0.1) is 6.10 Å². The zero-order valence-corrected chi connectivity index (χ0v) is 22.1. The van der Waals surface area contributed by atoms with Gasteiger partial charge in [-0.2, -0.15) is 0 Å². The molecule has 0 saturated heterocycles. The van der Waals surface area contributed by atoms with Crippen LogP contribution in [0.3, 0.4) is 0 Å². The lowest BCUT2D eigenvalue weighted by molar-refractivity contribution is -0.145. The normalized spacial score (nSPS) is 42.7. The highest BCUT2D eigenvalue weighted by molar-refractivity contribution is 5.86. The molecular formula is C30H46O3. The number of allylic oxidation sites excluding steroid dienone is 2. The van der Waals surface area contributed by atoms with Gasteiger partial charge in [0.1, 0.15) is 11.6 Å². The molecule has 3 nitrogen and oxygen atoms in total. The average molecular weight is 455 g/mol. The molecule has 33 heavy (non-hydrogen) atoms. The largest absolute Gasteiger partial charge is 0.389 e. The molecule has 4 aliphatic rings. The van der Waals surface area contributed by atoms with Crippen molar-refractivity contribution in [1.82, 2.24) is 0 Å². The first-order chi connectivity index (χ1) is 15.2. The van der Waals surface area contributed by atoms with E-state index in [1.54, 1.807) is 0 Å². The number of ketones is 2. The molecule has 1 N–H and O–H groups in total. The monoisotopic (exact) mass is 454 g/mol. The van der Waals surface area contributed by atoms with Crippen molar-refractivity contribution in [2.24, 2.45) is 39.4 Å². The topological polar surface area (TPSA) is 54.4 Å². The van der Waals surface area contributed by atoms with Crippen molar-refractivity contribution in [2.45, 2.75) is 112 Å². The van der Waals surface area contributed by atoms with E-state index in [1.807, 2.05) is 0 Å². The van der Waals surface area contributed by atoms with E-state index < -0.39 is 6.10 Å². The third-order valence-electron chi connectivity index (χ3n) is 11.4. The lowest BCUT2D eigenvalue weighted by Crippen LogP contribution is -2.54. The van der Waals surface area contributed by atoms with E-state index in [-0.39, 0.29) is 27.6 Å². The van der Waals surface area contributed by atoms with Crippen LogP contribution in [-0.4, -0.2) is 22.8 Å². The molecule has 3 fully saturated rings. The molecule has 0 aromatic heterocycles. The van der Waals surface area contributed by atoms with Crippen molar-refractivity contribution in [2.75, 3.05) is 0 Å². The van der Waals surface area contributed by atoms with Gasteiger partial charge in [-0.15, -0.1) is 0 Å². The van der Waals surface area contributed by atoms with Gasteiger partial charge in [0.15, 0.2) is 0 Å². The molecule has 6 unspecified atom stereocenters. The first kappa shape index (κ1) is 24.9. The summed E-state index contributed by atoms with van der Waals surface area (Å²) in [6.45, 7) is 20.0. The van der Waals surface area contributed by atoms with Gasteiger partial charge < -0.3 is 5.11 Å². The molecule has 3 heteroatoms. The van der Waals surface area contributed by atoms with Gasteiger partial charge in [-0.1, -0.05) is 59.3 Å². The predicted octanol–water partition coefficient (Wildman–Crippen LogP) is 6.84. The molecule has 4 aliphatic carbocycles. The summed E-state index contributed by atoms with van der Waals surface area (Å²) >= 11 is 0. The van der Waals surface area contributed by atoms with Crippen LogP contribution in [0.4, 0.5) is 0 Å². The SMILES string of the molecule is C=C1CCC2C(C)(C)C(=O)CCC2(C)C1CCC1=C(C)C(O)CC2C(C)(C)C(=O)CCC12C. The molecule has 0 aromatic rings. The van der Waals surface area contributed by atoms with Crippen molar-refractivity contribution in [1.29, 1.82) is 0 Å². The summed E-state index contributed by atoms with van der Waals surface area (Å²) in [5.74, 6) is 1.77. The number of rotatable bonds is 3. The Morgan fingerprint density at radius 2 is 1.48 bits per heavy atom. The van der Waals surface area contributed by atoms with Crippen LogP contribution in [-0.2, 0) is 9.59 Å². The van der Waals surface area contributed by atoms with Gasteiger partial charge in [0.25, 0.3) is 0 Å². The van der Waals surface area contributed by atoms with E-state index in [4.69, 9.17) is 0 Å². The highest BCUT2D eigenvalue weighted by Crippen LogP contribution is 2.63. The second-order valence-corrected chi connectivity index (χ2v) is 13.5. The third kappa shape index (κ3) is 3.55. The zero-order chi connectivity index (χ0) is 24.6. The number of hydrogen-bond donors (Lipinski definition) is 1. The van der Waals surface area contributed by atoms with Crippen molar-refractivity contribution < 1.29 is 14.7 Å². The summed E-state index contributed by atoms with van der Waals surface area (Å²) in [5.41, 5.74) is 3.33. The van der Waals surface area contributed by atoms with Crippen LogP contribution in [0.25, 0.3) is 0 Å². The minimum Gasteiger partial charge on any atom is -0.389 e. The van der Waals surface area contributed by atoms with E-state index in [0.29, 0.717) is 42.7 Å². The molecule has 4 rings (SSSR count). The van der Waals surface area contributed by atoms with Crippen LogP contribution in [0.15, 0.2) is 23.3 Å². The maximum absolute atomic E-state index is 12.8. The fourth-order valence-electron chi connectivity index (χ4n) is 9.11. The number of carbonyl (C=O) groups excluding carboxylic acids is 2. The highest BCUT2D eigenvalue weighted by atomic mass is 16.3. The Balaban J connectivity index is 1.65. The van der Waals surface area contributed by atoms with Crippen LogP contribution in [0, 0.1) is 39.4 Å².